The molecule has 0 N–H and O–H groups in total. The standard InChI is InChI=1S/C22H22ClF3N2O3S/c1-2-12-28(18-8-4-3-5-9-18)32(30,31)20-14-16(10-11-19(20)23)21(29)27-13-6-7-17(15-27)22(24,25)26/h2-5,8-11,14,17H,1,6-7,12-13,15H2. The molecule has 0 aliphatic carbocycles. The average Bonchev–Trinajstić information content (AvgIpc) is 2.77. The minimum absolute atomic E-state index is 0.0394. The Kier molecular flexibility index (Phi) is 7.19. The number of hydrogen-bond acceptors (Lipinski definition) is 3. The van der Waals surface area contributed by atoms with Crippen LogP contribution in [0.3, 0.4) is 0 Å². The number of para-hydroxylation sites is 1. The van der Waals surface area contributed by atoms with E-state index in [4.69, 9.17) is 11.6 Å². The number of halogens is 4. The number of alkyl halides is 3. The van der Waals surface area contributed by atoms with Gasteiger partial charge in [-0.3, -0.25) is 9.10 Å². The highest BCUT2D eigenvalue weighted by molar-refractivity contribution is 7.93. The number of sulfonamides is 1. The number of piperidine rings is 1. The second-order valence-corrected chi connectivity index (χ2v) is 9.68. The smallest absolute Gasteiger partial charge is 0.338 e. The molecule has 1 amide bonds. The first kappa shape index (κ1) is 24.1. The van der Waals surface area contributed by atoms with Gasteiger partial charge in [0.2, 0.25) is 0 Å². The second-order valence-electron chi connectivity index (χ2n) is 7.44. The van der Waals surface area contributed by atoms with Crippen molar-refractivity contribution >= 4 is 33.2 Å². The van der Waals surface area contributed by atoms with Crippen LogP contribution < -0.4 is 4.31 Å². The predicted molar refractivity (Wildman–Crippen MR) is 117 cm³/mol. The number of carbonyl (C=O) groups excluding carboxylic acids is 1. The minimum atomic E-state index is -4.39. The SMILES string of the molecule is C=CCN(c1ccccc1)S(=O)(=O)c1cc(C(=O)N2CCCC(C(F)(F)F)C2)ccc1Cl. The molecule has 10 heteroatoms. The Morgan fingerprint density at radius 3 is 2.53 bits per heavy atom. The summed E-state index contributed by atoms with van der Waals surface area (Å²) in [5.41, 5.74) is 0.340. The Hall–Kier alpha value is -2.52. The van der Waals surface area contributed by atoms with E-state index in [9.17, 15) is 26.4 Å². The van der Waals surface area contributed by atoms with Crippen molar-refractivity contribution in [1.82, 2.24) is 4.90 Å². The van der Waals surface area contributed by atoms with Crippen LogP contribution in [0.15, 0.2) is 66.1 Å². The van der Waals surface area contributed by atoms with E-state index in [0.717, 1.165) is 15.3 Å². The van der Waals surface area contributed by atoms with Gasteiger partial charge in [-0.15, -0.1) is 6.58 Å². The first-order valence-electron chi connectivity index (χ1n) is 9.90. The fraction of sp³-hybridized carbons (Fsp3) is 0.318. The summed E-state index contributed by atoms with van der Waals surface area (Å²) in [6.07, 6.45) is -2.80. The molecule has 1 aliphatic heterocycles. The molecule has 0 aromatic heterocycles. The van der Waals surface area contributed by atoms with Gasteiger partial charge in [-0.05, 0) is 43.2 Å². The number of amides is 1. The number of likely N-dealkylation sites (tertiary alicyclic amines) is 1. The quantitative estimate of drug-likeness (QED) is 0.531. The number of carbonyl (C=O) groups is 1. The number of hydrogen-bond donors (Lipinski definition) is 0. The molecule has 32 heavy (non-hydrogen) atoms. The number of anilines is 1. The van der Waals surface area contributed by atoms with Gasteiger partial charge in [0, 0.05) is 18.7 Å². The lowest BCUT2D eigenvalue weighted by Crippen LogP contribution is -2.44. The van der Waals surface area contributed by atoms with E-state index in [0.29, 0.717) is 5.69 Å². The molecule has 2 aromatic carbocycles. The normalized spacial score (nSPS) is 17.1. The summed E-state index contributed by atoms with van der Waals surface area (Å²) >= 11 is 6.18. The molecule has 1 atom stereocenters. The molecule has 1 heterocycles. The van der Waals surface area contributed by atoms with Gasteiger partial charge in [-0.1, -0.05) is 35.9 Å². The van der Waals surface area contributed by atoms with Crippen molar-refractivity contribution in [2.24, 2.45) is 5.92 Å². The van der Waals surface area contributed by atoms with Crippen LogP contribution in [0.2, 0.25) is 5.02 Å². The Morgan fingerprint density at radius 1 is 1.22 bits per heavy atom. The Bertz CT molecular complexity index is 1090. The van der Waals surface area contributed by atoms with E-state index in [1.54, 1.807) is 30.3 Å². The molecule has 0 bridgehead atoms. The molecule has 1 aliphatic rings. The summed E-state index contributed by atoms with van der Waals surface area (Å²) in [5, 5.41) is -0.0987. The van der Waals surface area contributed by atoms with Crippen molar-refractivity contribution in [3.63, 3.8) is 0 Å². The second kappa shape index (κ2) is 9.54. The number of rotatable bonds is 6. The Labute approximate surface area is 190 Å². The monoisotopic (exact) mass is 486 g/mol. The average molecular weight is 487 g/mol. The van der Waals surface area contributed by atoms with E-state index in [-0.39, 0.29) is 41.4 Å². The molecule has 0 saturated carbocycles. The summed E-state index contributed by atoms with van der Waals surface area (Å²) in [4.78, 5) is 13.7. The third-order valence-electron chi connectivity index (χ3n) is 5.26. The highest BCUT2D eigenvalue weighted by atomic mass is 35.5. The van der Waals surface area contributed by atoms with Crippen LogP contribution >= 0.6 is 11.6 Å². The lowest BCUT2D eigenvalue weighted by molar-refractivity contribution is -0.184. The van der Waals surface area contributed by atoms with Gasteiger partial charge < -0.3 is 4.90 Å². The molecule has 172 valence electrons. The molecular formula is C22H22ClF3N2O3S. The molecule has 1 unspecified atom stereocenters. The van der Waals surface area contributed by atoms with Crippen molar-refractivity contribution in [3.05, 3.63) is 71.8 Å². The van der Waals surface area contributed by atoms with E-state index in [1.807, 2.05) is 0 Å². The largest absolute Gasteiger partial charge is 0.393 e. The number of nitrogens with zero attached hydrogens (tertiary/aromatic N) is 2. The third-order valence-corrected chi connectivity index (χ3v) is 7.53. The molecular weight excluding hydrogens is 465 g/mol. The highest BCUT2D eigenvalue weighted by Gasteiger charge is 2.43. The Balaban J connectivity index is 1.96. The van der Waals surface area contributed by atoms with Gasteiger partial charge in [0.25, 0.3) is 15.9 Å². The highest BCUT2D eigenvalue weighted by Crippen LogP contribution is 2.34. The van der Waals surface area contributed by atoms with Gasteiger partial charge in [0.05, 0.1) is 23.2 Å². The molecule has 5 nitrogen and oxygen atoms in total. The molecule has 2 aromatic rings. The number of benzene rings is 2. The van der Waals surface area contributed by atoms with Crippen LogP contribution in [0, 0.1) is 5.92 Å². The lowest BCUT2D eigenvalue weighted by atomic mass is 9.97. The molecule has 1 fully saturated rings. The maximum atomic E-state index is 13.4. The van der Waals surface area contributed by atoms with Crippen LogP contribution in [0.5, 0.6) is 0 Å². The van der Waals surface area contributed by atoms with Gasteiger partial charge in [0.15, 0.2) is 0 Å². The van der Waals surface area contributed by atoms with Gasteiger partial charge >= 0.3 is 6.18 Å². The topological polar surface area (TPSA) is 57.7 Å². The van der Waals surface area contributed by atoms with Crippen LogP contribution in [0.1, 0.15) is 23.2 Å². The maximum absolute atomic E-state index is 13.4. The minimum Gasteiger partial charge on any atom is -0.338 e. The van der Waals surface area contributed by atoms with Crippen LogP contribution in [-0.2, 0) is 10.0 Å². The maximum Gasteiger partial charge on any atom is 0.393 e. The molecule has 1 saturated heterocycles. The van der Waals surface area contributed by atoms with Crippen molar-refractivity contribution < 1.29 is 26.4 Å². The molecule has 0 radical (unpaired) electrons. The van der Waals surface area contributed by atoms with Crippen LogP contribution in [0.4, 0.5) is 18.9 Å². The van der Waals surface area contributed by atoms with Gasteiger partial charge in [-0.2, -0.15) is 13.2 Å². The zero-order chi connectivity index (χ0) is 23.5. The fourth-order valence-electron chi connectivity index (χ4n) is 3.62. The summed E-state index contributed by atoms with van der Waals surface area (Å²) < 4.78 is 67.3. The van der Waals surface area contributed by atoms with Gasteiger partial charge in [0.1, 0.15) is 4.90 Å². The van der Waals surface area contributed by atoms with E-state index < -0.39 is 34.6 Å². The van der Waals surface area contributed by atoms with Crippen molar-refractivity contribution in [2.45, 2.75) is 23.9 Å². The Morgan fingerprint density at radius 2 is 1.91 bits per heavy atom. The first-order chi connectivity index (χ1) is 15.1. The van der Waals surface area contributed by atoms with Crippen LogP contribution in [0.25, 0.3) is 0 Å². The van der Waals surface area contributed by atoms with Crippen molar-refractivity contribution in [3.8, 4) is 0 Å². The van der Waals surface area contributed by atoms with Gasteiger partial charge in [-0.25, -0.2) is 8.42 Å². The van der Waals surface area contributed by atoms with E-state index in [1.165, 1.54) is 18.2 Å². The summed E-state index contributed by atoms with van der Waals surface area (Å²) in [5.74, 6) is -2.26. The van der Waals surface area contributed by atoms with Crippen molar-refractivity contribution in [1.29, 1.82) is 0 Å². The van der Waals surface area contributed by atoms with E-state index >= 15 is 0 Å². The predicted octanol–water partition coefficient (Wildman–Crippen LogP) is 5.14. The summed E-state index contributed by atoms with van der Waals surface area (Å²) in [7, 11) is -4.19. The van der Waals surface area contributed by atoms with E-state index in [2.05, 4.69) is 6.58 Å². The molecule has 0 spiro atoms. The summed E-state index contributed by atoms with van der Waals surface area (Å²) in [6.45, 7) is 3.27. The zero-order valence-corrected chi connectivity index (χ0v) is 18.6. The zero-order valence-electron chi connectivity index (χ0n) is 17.1. The van der Waals surface area contributed by atoms with Crippen LogP contribution in [-0.4, -0.2) is 45.0 Å². The fourth-order valence-corrected chi connectivity index (χ4v) is 5.56. The molecule has 3 rings (SSSR count). The third kappa shape index (κ3) is 5.10. The van der Waals surface area contributed by atoms with Crippen molar-refractivity contribution in [2.75, 3.05) is 23.9 Å². The first-order valence-corrected chi connectivity index (χ1v) is 11.7. The lowest BCUT2D eigenvalue weighted by Gasteiger charge is -2.34. The summed E-state index contributed by atoms with van der Waals surface area (Å²) in [6, 6.07) is 12.0.